The minimum absolute atomic E-state index is 0.338. The van der Waals surface area contributed by atoms with Gasteiger partial charge in [-0.1, -0.05) is 6.07 Å². The topological polar surface area (TPSA) is 54.4 Å². The molecule has 0 unspecified atom stereocenters. The monoisotopic (exact) mass is 261 g/mol. The Labute approximate surface area is 107 Å². The molecule has 1 aromatic carbocycles. The molecule has 0 saturated heterocycles. The van der Waals surface area contributed by atoms with Gasteiger partial charge in [0.1, 0.15) is 0 Å². The number of nitrogens with zero attached hydrogens (tertiary/aromatic N) is 2. The first kappa shape index (κ1) is 12.8. The quantitative estimate of drug-likeness (QED) is 0.679. The van der Waals surface area contributed by atoms with Crippen LogP contribution in [0.25, 0.3) is 0 Å². The van der Waals surface area contributed by atoms with Gasteiger partial charge in [0.15, 0.2) is 11.6 Å². The summed E-state index contributed by atoms with van der Waals surface area (Å²) in [5.41, 5.74) is 2.95. The van der Waals surface area contributed by atoms with Crippen LogP contribution in [0.5, 0.6) is 0 Å². The zero-order valence-electron chi connectivity index (χ0n) is 9.68. The van der Waals surface area contributed by atoms with Gasteiger partial charge < -0.3 is 0 Å². The Morgan fingerprint density at radius 2 is 2.11 bits per heavy atom. The summed E-state index contributed by atoms with van der Waals surface area (Å²) in [7, 11) is 0. The maximum absolute atomic E-state index is 12.9. The lowest BCUT2D eigenvalue weighted by molar-refractivity contribution is 0.0955. The minimum atomic E-state index is -0.970. The Kier molecular flexibility index (Phi) is 3.92. The van der Waals surface area contributed by atoms with Crippen LogP contribution in [0.3, 0.4) is 0 Å². The number of hydrogen-bond acceptors (Lipinski definition) is 3. The highest BCUT2D eigenvalue weighted by Gasteiger charge is 2.03. The van der Waals surface area contributed by atoms with Gasteiger partial charge in [-0.15, -0.1) is 0 Å². The highest BCUT2D eigenvalue weighted by molar-refractivity contribution is 5.94. The van der Waals surface area contributed by atoms with Gasteiger partial charge >= 0.3 is 0 Å². The summed E-state index contributed by atoms with van der Waals surface area (Å²) < 4.78 is 25.6. The zero-order chi connectivity index (χ0) is 13.7. The second kappa shape index (κ2) is 5.81. The first-order valence-electron chi connectivity index (χ1n) is 5.35. The van der Waals surface area contributed by atoms with E-state index in [1.165, 1.54) is 18.5 Å². The Morgan fingerprint density at radius 3 is 2.79 bits per heavy atom. The number of halogens is 2. The summed E-state index contributed by atoms with van der Waals surface area (Å²) in [4.78, 5) is 15.3. The Balaban J connectivity index is 2.00. The first-order valence-corrected chi connectivity index (χ1v) is 5.35. The lowest BCUT2D eigenvalue weighted by atomic mass is 10.2. The number of hydrogen-bond donors (Lipinski definition) is 1. The maximum Gasteiger partial charge on any atom is 0.272 e. The molecule has 1 N–H and O–H groups in total. The third-order valence-corrected chi connectivity index (χ3v) is 2.25. The lowest BCUT2D eigenvalue weighted by Crippen LogP contribution is -2.17. The molecule has 4 nitrogen and oxygen atoms in total. The average molecular weight is 261 g/mol. The van der Waals surface area contributed by atoms with E-state index in [0.717, 1.165) is 12.1 Å². The molecule has 6 heteroatoms. The standard InChI is InChI=1S/C13H9F2N3O/c14-11-4-3-9(6-12(11)15)7-17-18-13(19)10-2-1-5-16-8-10/h1-8H,(H,18,19)/b17-7+. The summed E-state index contributed by atoms with van der Waals surface area (Å²) in [6.07, 6.45) is 4.15. The van der Waals surface area contributed by atoms with Gasteiger partial charge in [0.25, 0.3) is 5.91 Å². The van der Waals surface area contributed by atoms with E-state index >= 15 is 0 Å². The molecule has 0 aliphatic heterocycles. The molecule has 1 amide bonds. The molecule has 1 heterocycles. The van der Waals surface area contributed by atoms with E-state index in [1.807, 2.05) is 0 Å². The van der Waals surface area contributed by atoms with Crippen LogP contribution in [-0.4, -0.2) is 17.1 Å². The van der Waals surface area contributed by atoms with E-state index in [0.29, 0.717) is 11.1 Å². The first-order chi connectivity index (χ1) is 9.16. The number of amides is 1. The molecular formula is C13H9F2N3O. The van der Waals surface area contributed by atoms with Crippen LogP contribution in [0, 0.1) is 11.6 Å². The molecule has 0 spiro atoms. The van der Waals surface area contributed by atoms with E-state index in [9.17, 15) is 13.6 Å². The van der Waals surface area contributed by atoms with E-state index in [-0.39, 0.29) is 0 Å². The summed E-state index contributed by atoms with van der Waals surface area (Å²) >= 11 is 0. The largest absolute Gasteiger partial charge is 0.272 e. The fourth-order valence-corrected chi connectivity index (χ4v) is 1.32. The Morgan fingerprint density at radius 1 is 1.26 bits per heavy atom. The average Bonchev–Trinajstić information content (AvgIpc) is 2.43. The van der Waals surface area contributed by atoms with Crippen molar-refractivity contribution in [2.24, 2.45) is 5.10 Å². The summed E-state index contributed by atoms with van der Waals surface area (Å²) in [6, 6.07) is 6.51. The third-order valence-electron chi connectivity index (χ3n) is 2.25. The van der Waals surface area contributed by atoms with Crippen molar-refractivity contribution in [3.63, 3.8) is 0 Å². The molecule has 0 aliphatic rings. The van der Waals surface area contributed by atoms with Crippen LogP contribution >= 0.6 is 0 Å². The van der Waals surface area contributed by atoms with E-state index in [2.05, 4.69) is 15.5 Å². The van der Waals surface area contributed by atoms with Gasteiger partial charge in [0, 0.05) is 12.4 Å². The second-order valence-electron chi connectivity index (χ2n) is 3.61. The number of benzene rings is 1. The molecule has 2 aromatic rings. The number of rotatable bonds is 3. The molecule has 96 valence electrons. The molecule has 2 rings (SSSR count). The predicted molar refractivity (Wildman–Crippen MR) is 65.7 cm³/mol. The van der Waals surface area contributed by atoms with Crippen LogP contribution in [0.1, 0.15) is 15.9 Å². The normalized spacial score (nSPS) is 10.6. The maximum atomic E-state index is 12.9. The lowest BCUT2D eigenvalue weighted by Gasteiger charge is -1.98. The molecular weight excluding hydrogens is 252 g/mol. The fraction of sp³-hybridized carbons (Fsp3) is 0. The van der Waals surface area contributed by atoms with Crippen LogP contribution < -0.4 is 5.43 Å². The summed E-state index contributed by atoms with van der Waals surface area (Å²) in [5, 5.41) is 3.65. The molecule has 0 aliphatic carbocycles. The van der Waals surface area contributed by atoms with E-state index in [1.54, 1.807) is 18.3 Å². The van der Waals surface area contributed by atoms with Crippen molar-refractivity contribution in [3.8, 4) is 0 Å². The molecule has 0 fully saturated rings. The number of pyridine rings is 1. The molecule has 0 saturated carbocycles. The van der Waals surface area contributed by atoms with Crippen molar-refractivity contribution in [2.75, 3.05) is 0 Å². The van der Waals surface area contributed by atoms with Gasteiger partial charge in [-0.25, -0.2) is 14.2 Å². The number of aromatic nitrogens is 1. The van der Waals surface area contributed by atoms with Crippen molar-refractivity contribution in [1.29, 1.82) is 0 Å². The van der Waals surface area contributed by atoms with Crippen LogP contribution in [0.4, 0.5) is 8.78 Å². The van der Waals surface area contributed by atoms with Crippen molar-refractivity contribution < 1.29 is 13.6 Å². The third kappa shape index (κ3) is 3.41. The highest BCUT2D eigenvalue weighted by atomic mass is 19.2. The molecule has 19 heavy (non-hydrogen) atoms. The van der Waals surface area contributed by atoms with E-state index in [4.69, 9.17) is 0 Å². The van der Waals surface area contributed by atoms with Crippen LogP contribution in [-0.2, 0) is 0 Å². The molecule has 0 radical (unpaired) electrons. The number of hydrazone groups is 1. The molecule has 0 atom stereocenters. The molecule has 0 bridgehead atoms. The highest BCUT2D eigenvalue weighted by Crippen LogP contribution is 2.06. The second-order valence-corrected chi connectivity index (χ2v) is 3.61. The fourth-order valence-electron chi connectivity index (χ4n) is 1.32. The Hall–Kier alpha value is -2.63. The summed E-state index contributed by atoms with van der Waals surface area (Å²) in [6.45, 7) is 0. The smallest absolute Gasteiger partial charge is 0.267 e. The summed E-state index contributed by atoms with van der Waals surface area (Å²) in [5.74, 6) is -2.34. The number of carbonyl (C=O) groups excluding carboxylic acids is 1. The number of nitrogens with one attached hydrogen (secondary N) is 1. The predicted octanol–water partition coefficient (Wildman–Crippen LogP) is 2.12. The van der Waals surface area contributed by atoms with Gasteiger partial charge in [-0.3, -0.25) is 9.78 Å². The number of carbonyl (C=O) groups is 1. The van der Waals surface area contributed by atoms with Crippen molar-refractivity contribution >= 4 is 12.1 Å². The van der Waals surface area contributed by atoms with Gasteiger partial charge in [-0.2, -0.15) is 5.10 Å². The van der Waals surface area contributed by atoms with Crippen LogP contribution in [0.15, 0.2) is 47.8 Å². The van der Waals surface area contributed by atoms with Gasteiger partial charge in [0.2, 0.25) is 0 Å². The Bertz CT molecular complexity index is 615. The SMILES string of the molecule is O=C(N/N=C/c1ccc(F)c(F)c1)c1cccnc1. The van der Waals surface area contributed by atoms with Gasteiger partial charge in [0.05, 0.1) is 11.8 Å². The van der Waals surface area contributed by atoms with Crippen molar-refractivity contribution in [3.05, 3.63) is 65.5 Å². The van der Waals surface area contributed by atoms with Crippen molar-refractivity contribution in [1.82, 2.24) is 10.4 Å². The van der Waals surface area contributed by atoms with Crippen molar-refractivity contribution in [2.45, 2.75) is 0 Å². The van der Waals surface area contributed by atoms with Gasteiger partial charge in [-0.05, 0) is 29.8 Å². The van der Waals surface area contributed by atoms with Crippen LogP contribution in [0.2, 0.25) is 0 Å². The minimum Gasteiger partial charge on any atom is -0.267 e. The molecule has 1 aromatic heterocycles. The zero-order valence-corrected chi connectivity index (χ0v) is 9.68. The van der Waals surface area contributed by atoms with E-state index < -0.39 is 17.5 Å².